The fourth-order valence-electron chi connectivity index (χ4n) is 2.09. The summed E-state index contributed by atoms with van der Waals surface area (Å²) >= 11 is 0. The normalized spacial score (nSPS) is 12.1. The van der Waals surface area contributed by atoms with Crippen molar-refractivity contribution in [3.05, 3.63) is 65.7 Å². The fourth-order valence-corrected chi connectivity index (χ4v) is 2.09. The average molecular weight is 256 g/mol. The molecule has 0 aliphatic rings. The molecule has 0 saturated heterocycles. The van der Waals surface area contributed by atoms with E-state index >= 15 is 0 Å². The lowest BCUT2D eigenvalue weighted by Crippen LogP contribution is -2.00. The molecular weight excluding hydrogens is 236 g/mol. The Morgan fingerprint density at radius 1 is 1.05 bits per heavy atom. The van der Waals surface area contributed by atoms with Gasteiger partial charge >= 0.3 is 0 Å². The van der Waals surface area contributed by atoms with Crippen LogP contribution in [0.3, 0.4) is 0 Å². The summed E-state index contributed by atoms with van der Waals surface area (Å²) in [7, 11) is 0. The highest BCUT2D eigenvalue weighted by Crippen LogP contribution is 2.23. The van der Waals surface area contributed by atoms with Crippen molar-refractivity contribution in [3.8, 4) is 5.75 Å². The first-order valence-electron chi connectivity index (χ1n) is 6.74. The van der Waals surface area contributed by atoms with Gasteiger partial charge in [-0.3, -0.25) is 0 Å². The first-order chi connectivity index (χ1) is 9.29. The molecular formula is C17H20O2. The van der Waals surface area contributed by atoms with Crippen molar-refractivity contribution in [1.82, 2.24) is 0 Å². The van der Waals surface area contributed by atoms with Crippen molar-refractivity contribution in [2.24, 2.45) is 0 Å². The van der Waals surface area contributed by atoms with Crippen molar-refractivity contribution < 1.29 is 9.84 Å². The molecule has 1 unspecified atom stereocenters. The van der Waals surface area contributed by atoms with Gasteiger partial charge in [-0.25, -0.2) is 0 Å². The first-order valence-corrected chi connectivity index (χ1v) is 6.74. The molecule has 0 aliphatic heterocycles. The van der Waals surface area contributed by atoms with Gasteiger partial charge in [0.15, 0.2) is 0 Å². The van der Waals surface area contributed by atoms with Gasteiger partial charge in [-0.15, -0.1) is 0 Å². The molecule has 0 aliphatic carbocycles. The van der Waals surface area contributed by atoms with Crippen LogP contribution in [0, 0.1) is 0 Å². The van der Waals surface area contributed by atoms with Gasteiger partial charge in [0.1, 0.15) is 5.75 Å². The molecule has 0 saturated carbocycles. The lowest BCUT2D eigenvalue weighted by atomic mass is 10.0. The van der Waals surface area contributed by atoms with E-state index in [-0.39, 0.29) is 0 Å². The molecule has 2 aromatic rings. The quantitative estimate of drug-likeness (QED) is 0.853. The lowest BCUT2D eigenvalue weighted by molar-refractivity contribution is 0.167. The Kier molecular flexibility index (Phi) is 4.99. The minimum absolute atomic E-state index is 0.444. The topological polar surface area (TPSA) is 29.5 Å². The van der Waals surface area contributed by atoms with Crippen LogP contribution < -0.4 is 4.74 Å². The summed E-state index contributed by atoms with van der Waals surface area (Å²) in [5.74, 6) is 0.818. The highest BCUT2D eigenvalue weighted by molar-refractivity contribution is 5.30. The van der Waals surface area contributed by atoms with Crippen LogP contribution >= 0.6 is 0 Å². The second-order valence-electron chi connectivity index (χ2n) is 4.55. The van der Waals surface area contributed by atoms with Crippen LogP contribution in [0.5, 0.6) is 5.75 Å². The Hall–Kier alpha value is -1.80. The predicted molar refractivity (Wildman–Crippen MR) is 77.3 cm³/mol. The molecule has 19 heavy (non-hydrogen) atoms. The number of ether oxygens (including phenoxy) is 1. The van der Waals surface area contributed by atoms with Crippen molar-refractivity contribution in [3.63, 3.8) is 0 Å². The van der Waals surface area contributed by atoms with Crippen LogP contribution in [-0.2, 0) is 6.42 Å². The summed E-state index contributed by atoms with van der Waals surface area (Å²) < 4.78 is 5.45. The maximum Gasteiger partial charge on any atom is 0.119 e. The third kappa shape index (κ3) is 4.11. The van der Waals surface area contributed by atoms with Gasteiger partial charge < -0.3 is 9.84 Å². The fraction of sp³-hybridized carbons (Fsp3) is 0.294. The molecule has 0 spiro atoms. The summed E-state index contributed by atoms with van der Waals surface area (Å²) in [6, 6.07) is 17.9. The Morgan fingerprint density at radius 3 is 2.58 bits per heavy atom. The SMILES string of the molecule is CCOc1cccc(C(O)CCc2ccccc2)c1. The van der Waals surface area contributed by atoms with E-state index in [9.17, 15) is 5.11 Å². The molecule has 2 rings (SSSR count). The van der Waals surface area contributed by atoms with E-state index in [0.717, 1.165) is 24.2 Å². The smallest absolute Gasteiger partial charge is 0.119 e. The monoisotopic (exact) mass is 256 g/mol. The summed E-state index contributed by atoms with van der Waals surface area (Å²) in [5.41, 5.74) is 2.17. The van der Waals surface area contributed by atoms with Crippen LogP contribution in [0.25, 0.3) is 0 Å². The number of hydrogen-bond donors (Lipinski definition) is 1. The highest BCUT2D eigenvalue weighted by atomic mass is 16.5. The van der Waals surface area contributed by atoms with Gasteiger partial charge in [-0.2, -0.15) is 0 Å². The molecule has 1 atom stereocenters. The zero-order valence-electron chi connectivity index (χ0n) is 11.3. The van der Waals surface area contributed by atoms with Crippen LogP contribution in [0.2, 0.25) is 0 Å². The molecule has 0 fully saturated rings. The number of hydrogen-bond acceptors (Lipinski definition) is 2. The van der Waals surface area contributed by atoms with E-state index in [0.29, 0.717) is 6.61 Å². The Morgan fingerprint density at radius 2 is 1.84 bits per heavy atom. The third-order valence-corrected chi connectivity index (χ3v) is 3.10. The van der Waals surface area contributed by atoms with Gasteiger partial charge in [0.2, 0.25) is 0 Å². The van der Waals surface area contributed by atoms with Gasteiger partial charge in [0.25, 0.3) is 0 Å². The summed E-state index contributed by atoms with van der Waals surface area (Å²) in [5, 5.41) is 10.2. The molecule has 2 nitrogen and oxygen atoms in total. The van der Waals surface area contributed by atoms with E-state index in [1.54, 1.807) is 0 Å². The third-order valence-electron chi connectivity index (χ3n) is 3.10. The minimum atomic E-state index is -0.444. The first kappa shape index (κ1) is 13.6. The zero-order chi connectivity index (χ0) is 13.5. The molecule has 0 aromatic heterocycles. The molecule has 0 radical (unpaired) electrons. The number of benzene rings is 2. The van der Waals surface area contributed by atoms with Gasteiger partial charge in [-0.05, 0) is 43.0 Å². The van der Waals surface area contributed by atoms with E-state index < -0.39 is 6.10 Å². The minimum Gasteiger partial charge on any atom is -0.494 e. The maximum atomic E-state index is 10.2. The number of aliphatic hydroxyl groups is 1. The lowest BCUT2D eigenvalue weighted by Gasteiger charge is -2.12. The highest BCUT2D eigenvalue weighted by Gasteiger charge is 2.08. The van der Waals surface area contributed by atoms with Crippen LogP contribution in [0.15, 0.2) is 54.6 Å². The van der Waals surface area contributed by atoms with Crippen molar-refractivity contribution in [2.75, 3.05) is 6.61 Å². The van der Waals surface area contributed by atoms with E-state index in [4.69, 9.17) is 4.74 Å². The van der Waals surface area contributed by atoms with E-state index in [1.165, 1.54) is 5.56 Å². The standard InChI is InChI=1S/C17H20O2/c1-2-19-16-10-6-9-15(13-16)17(18)12-11-14-7-4-3-5-8-14/h3-10,13,17-18H,2,11-12H2,1H3. The van der Waals surface area contributed by atoms with Gasteiger partial charge in [-0.1, -0.05) is 42.5 Å². The van der Waals surface area contributed by atoms with E-state index in [2.05, 4.69) is 12.1 Å². The Bertz CT molecular complexity index is 494. The van der Waals surface area contributed by atoms with Crippen LogP contribution in [0.4, 0.5) is 0 Å². The van der Waals surface area contributed by atoms with Crippen molar-refractivity contribution in [2.45, 2.75) is 25.9 Å². The largest absolute Gasteiger partial charge is 0.494 e. The Labute approximate surface area is 114 Å². The van der Waals surface area contributed by atoms with Gasteiger partial charge in [0.05, 0.1) is 12.7 Å². The molecule has 1 N–H and O–H groups in total. The predicted octanol–water partition coefficient (Wildman–Crippen LogP) is 3.75. The zero-order valence-corrected chi connectivity index (χ0v) is 11.3. The van der Waals surface area contributed by atoms with Crippen molar-refractivity contribution >= 4 is 0 Å². The maximum absolute atomic E-state index is 10.2. The molecule has 2 heteroatoms. The molecule has 0 heterocycles. The Balaban J connectivity index is 1.95. The van der Waals surface area contributed by atoms with Crippen LogP contribution in [-0.4, -0.2) is 11.7 Å². The molecule has 0 amide bonds. The van der Waals surface area contributed by atoms with Crippen molar-refractivity contribution in [1.29, 1.82) is 0 Å². The second-order valence-corrected chi connectivity index (χ2v) is 4.55. The summed E-state index contributed by atoms with van der Waals surface area (Å²) in [6.45, 7) is 2.60. The van der Waals surface area contributed by atoms with Gasteiger partial charge in [0, 0.05) is 0 Å². The van der Waals surface area contributed by atoms with Crippen LogP contribution in [0.1, 0.15) is 30.6 Å². The second kappa shape index (κ2) is 6.95. The summed E-state index contributed by atoms with van der Waals surface area (Å²) in [6.07, 6.45) is 1.15. The molecule has 0 bridgehead atoms. The molecule has 2 aromatic carbocycles. The average Bonchev–Trinajstić information content (AvgIpc) is 2.46. The number of rotatable bonds is 6. The number of aliphatic hydroxyl groups excluding tert-OH is 1. The summed E-state index contributed by atoms with van der Waals surface area (Å²) in [4.78, 5) is 0. The number of aryl methyl sites for hydroxylation is 1. The molecule has 100 valence electrons. The van der Waals surface area contributed by atoms with E-state index in [1.807, 2.05) is 49.4 Å².